The van der Waals surface area contributed by atoms with Crippen molar-refractivity contribution >= 4 is 21.8 Å². The monoisotopic (exact) mass is 390 g/mol. The van der Waals surface area contributed by atoms with Crippen LogP contribution < -0.4 is 4.74 Å². The lowest BCUT2D eigenvalue weighted by molar-refractivity contribution is -0.0764. The van der Waals surface area contributed by atoms with Crippen LogP contribution in [0.5, 0.6) is 11.6 Å². The third kappa shape index (κ3) is 4.13. The van der Waals surface area contributed by atoms with E-state index in [1.807, 2.05) is 38.1 Å². The Hall–Kier alpha value is -1.92. The maximum atomic E-state index is 12.6. The number of carbonyl (C=O) groups excluding carboxylic acids is 1. The molecule has 1 fully saturated rings. The van der Waals surface area contributed by atoms with E-state index in [2.05, 4.69) is 20.9 Å². The molecule has 1 amide bonds. The molecule has 0 aliphatic carbocycles. The van der Waals surface area contributed by atoms with E-state index < -0.39 is 0 Å². The third-order valence-corrected chi connectivity index (χ3v) is 4.21. The molecule has 0 unspecified atom stereocenters. The molecule has 1 saturated heterocycles. The fourth-order valence-electron chi connectivity index (χ4n) is 2.59. The second-order valence-corrected chi connectivity index (χ2v) is 7.20. The molecule has 1 aliphatic rings. The van der Waals surface area contributed by atoms with E-state index in [4.69, 9.17) is 9.47 Å². The van der Waals surface area contributed by atoms with Crippen LogP contribution in [0, 0.1) is 0 Å². The minimum Gasteiger partial charge on any atom is -0.439 e. The number of amides is 1. The van der Waals surface area contributed by atoms with Crippen LogP contribution >= 0.6 is 15.9 Å². The first kappa shape index (κ1) is 16.9. The molecule has 3 rings (SSSR count). The molecule has 0 spiro atoms. The van der Waals surface area contributed by atoms with Crippen LogP contribution in [0.2, 0.25) is 0 Å². The second-order valence-electron chi connectivity index (χ2n) is 6.28. The highest BCUT2D eigenvalue weighted by Crippen LogP contribution is 2.23. The van der Waals surface area contributed by atoms with E-state index in [-0.39, 0.29) is 11.5 Å². The minimum atomic E-state index is -0.314. The lowest BCUT2D eigenvalue weighted by atomic mass is 10.1. The van der Waals surface area contributed by atoms with Crippen molar-refractivity contribution in [2.75, 3.05) is 19.7 Å². The van der Waals surface area contributed by atoms with Crippen molar-refractivity contribution in [1.29, 1.82) is 0 Å². The number of aromatic nitrogens is 1. The largest absolute Gasteiger partial charge is 0.439 e. The first-order valence-electron chi connectivity index (χ1n) is 7.76. The maximum absolute atomic E-state index is 12.6. The molecule has 5 nitrogen and oxygen atoms in total. The molecule has 2 heterocycles. The second kappa shape index (κ2) is 6.91. The summed E-state index contributed by atoms with van der Waals surface area (Å²) in [4.78, 5) is 18.6. The quantitative estimate of drug-likeness (QED) is 0.797. The van der Waals surface area contributed by atoms with Crippen molar-refractivity contribution in [2.45, 2.75) is 19.4 Å². The summed E-state index contributed by atoms with van der Waals surface area (Å²) in [6, 6.07) is 11.0. The van der Waals surface area contributed by atoms with Crippen LogP contribution in [0.3, 0.4) is 0 Å². The molecule has 6 heteroatoms. The van der Waals surface area contributed by atoms with E-state index in [1.165, 1.54) is 0 Å². The Morgan fingerprint density at radius 2 is 2.17 bits per heavy atom. The first-order valence-corrected chi connectivity index (χ1v) is 8.55. The first-order chi connectivity index (χ1) is 11.4. The smallest absolute Gasteiger partial charge is 0.255 e. The number of pyridine rings is 1. The molecule has 0 bridgehead atoms. The van der Waals surface area contributed by atoms with E-state index in [1.54, 1.807) is 23.2 Å². The van der Waals surface area contributed by atoms with Gasteiger partial charge < -0.3 is 14.4 Å². The SMILES string of the molecule is CC1(C)CN(C(=O)c2ccc(Oc3cccc(Br)c3)nc2)CCO1. The van der Waals surface area contributed by atoms with Gasteiger partial charge in [-0.3, -0.25) is 4.79 Å². The number of hydrogen-bond donors (Lipinski definition) is 0. The lowest BCUT2D eigenvalue weighted by Gasteiger charge is -2.38. The van der Waals surface area contributed by atoms with Gasteiger partial charge in [-0.25, -0.2) is 4.98 Å². The minimum absolute atomic E-state index is 0.0344. The Bertz CT molecular complexity index is 731. The lowest BCUT2D eigenvalue weighted by Crippen LogP contribution is -2.50. The van der Waals surface area contributed by atoms with Gasteiger partial charge in [0.05, 0.1) is 17.8 Å². The highest BCUT2D eigenvalue weighted by atomic mass is 79.9. The zero-order valence-electron chi connectivity index (χ0n) is 13.7. The van der Waals surface area contributed by atoms with Crippen molar-refractivity contribution in [3.8, 4) is 11.6 Å². The third-order valence-electron chi connectivity index (χ3n) is 3.71. The molecule has 1 aromatic heterocycles. The Kier molecular flexibility index (Phi) is 4.87. The summed E-state index contributed by atoms with van der Waals surface area (Å²) >= 11 is 3.40. The zero-order chi connectivity index (χ0) is 17.2. The summed E-state index contributed by atoms with van der Waals surface area (Å²) < 4.78 is 12.3. The van der Waals surface area contributed by atoms with Crippen molar-refractivity contribution in [3.05, 3.63) is 52.6 Å². The highest BCUT2D eigenvalue weighted by Gasteiger charge is 2.30. The van der Waals surface area contributed by atoms with Gasteiger partial charge in [0.25, 0.3) is 5.91 Å². The highest BCUT2D eigenvalue weighted by molar-refractivity contribution is 9.10. The van der Waals surface area contributed by atoms with E-state index in [0.717, 1.165) is 4.47 Å². The van der Waals surface area contributed by atoms with Crippen LogP contribution in [0.15, 0.2) is 47.1 Å². The fraction of sp³-hybridized carbons (Fsp3) is 0.333. The average molecular weight is 391 g/mol. The number of rotatable bonds is 3. The molecule has 0 N–H and O–H groups in total. The van der Waals surface area contributed by atoms with Crippen molar-refractivity contribution < 1.29 is 14.3 Å². The van der Waals surface area contributed by atoms with Crippen LogP contribution in [0.25, 0.3) is 0 Å². The number of morpholine rings is 1. The number of benzene rings is 1. The van der Waals surface area contributed by atoms with Gasteiger partial charge in [0.1, 0.15) is 5.75 Å². The molecule has 1 aromatic carbocycles. The van der Waals surface area contributed by atoms with Gasteiger partial charge >= 0.3 is 0 Å². The fourth-order valence-corrected chi connectivity index (χ4v) is 2.97. The number of ether oxygens (including phenoxy) is 2. The summed E-state index contributed by atoms with van der Waals surface area (Å²) in [5.41, 5.74) is 0.236. The van der Waals surface area contributed by atoms with Gasteiger partial charge in [0, 0.05) is 29.8 Å². The zero-order valence-corrected chi connectivity index (χ0v) is 15.2. The van der Waals surface area contributed by atoms with Gasteiger partial charge in [-0.05, 0) is 38.1 Å². The maximum Gasteiger partial charge on any atom is 0.255 e. The van der Waals surface area contributed by atoms with Crippen LogP contribution in [-0.2, 0) is 4.74 Å². The van der Waals surface area contributed by atoms with Crippen LogP contribution in [-0.4, -0.2) is 41.1 Å². The normalized spacial score (nSPS) is 16.7. The Morgan fingerprint density at radius 1 is 1.33 bits per heavy atom. The molecule has 1 aliphatic heterocycles. The van der Waals surface area contributed by atoms with E-state index >= 15 is 0 Å². The molecular formula is C18H19BrN2O3. The Balaban J connectivity index is 1.69. The molecule has 0 radical (unpaired) electrons. The molecular weight excluding hydrogens is 372 g/mol. The summed E-state index contributed by atoms with van der Waals surface area (Å²) in [6.45, 7) is 5.69. The van der Waals surface area contributed by atoms with Crippen LogP contribution in [0.1, 0.15) is 24.2 Å². The van der Waals surface area contributed by atoms with E-state index in [9.17, 15) is 4.79 Å². The number of carbonyl (C=O) groups is 1. The van der Waals surface area contributed by atoms with Gasteiger partial charge in [-0.1, -0.05) is 22.0 Å². The van der Waals surface area contributed by atoms with Crippen molar-refractivity contribution in [3.63, 3.8) is 0 Å². The predicted molar refractivity (Wildman–Crippen MR) is 94.4 cm³/mol. The molecule has 126 valence electrons. The van der Waals surface area contributed by atoms with Gasteiger partial charge in [-0.2, -0.15) is 0 Å². The number of nitrogens with zero attached hydrogens (tertiary/aromatic N) is 2. The topological polar surface area (TPSA) is 51.7 Å². The standard InChI is InChI=1S/C18H19BrN2O3/c1-18(2)12-21(8-9-23-18)17(22)13-6-7-16(20-11-13)24-15-5-3-4-14(19)10-15/h3-7,10-11H,8-9,12H2,1-2H3. The molecule has 0 atom stereocenters. The molecule has 0 saturated carbocycles. The summed E-state index contributed by atoms with van der Waals surface area (Å²) in [6.07, 6.45) is 1.55. The molecule has 2 aromatic rings. The predicted octanol–water partition coefficient (Wildman–Crippen LogP) is 3.89. The average Bonchev–Trinajstić information content (AvgIpc) is 2.54. The van der Waals surface area contributed by atoms with Gasteiger partial charge in [0.15, 0.2) is 0 Å². The molecule has 24 heavy (non-hydrogen) atoms. The Labute approximate surface area is 149 Å². The summed E-state index contributed by atoms with van der Waals surface area (Å²) in [5, 5.41) is 0. The van der Waals surface area contributed by atoms with Crippen molar-refractivity contribution in [2.24, 2.45) is 0 Å². The number of halogens is 1. The summed E-state index contributed by atoms with van der Waals surface area (Å²) in [7, 11) is 0. The van der Waals surface area contributed by atoms with Gasteiger partial charge in [-0.15, -0.1) is 0 Å². The van der Waals surface area contributed by atoms with E-state index in [0.29, 0.717) is 36.9 Å². The number of hydrogen-bond acceptors (Lipinski definition) is 4. The Morgan fingerprint density at radius 3 is 2.83 bits per heavy atom. The van der Waals surface area contributed by atoms with Crippen molar-refractivity contribution in [1.82, 2.24) is 9.88 Å². The van der Waals surface area contributed by atoms with Crippen LogP contribution in [0.4, 0.5) is 0 Å². The summed E-state index contributed by atoms with van der Waals surface area (Å²) in [5.74, 6) is 1.10. The van der Waals surface area contributed by atoms with Gasteiger partial charge in [0.2, 0.25) is 5.88 Å².